The van der Waals surface area contributed by atoms with Gasteiger partial charge in [0.15, 0.2) is 11.0 Å². The second kappa shape index (κ2) is 9.54. The Kier molecular flexibility index (Phi) is 6.39. The lowest BCUT2D eigenvalue weighted by atomic mass is 10.2. The van der Waals surface area contributed by atoms with Crippen LogP contribution in [0.2, 0.25) is 0 Å². The quantitative estimate of drug-likeness (QED) is 0.336. The van der Waals surface area contributed by atoms with Crippen molar-refractivity contribution in [1.82, 2.24) is 19.7 Å². The van der Waals surface area contributed by atoms with Crippen molar-refractivity contribution in [3.63, 3.8) is 0 Å². The highest BCUT2D eigenvalue weighted by molar-refractivity contribution is 7.99. The van der Waals surface area contributed by atoms with Gasteiger partial charge in [0.1, 0.15) is 4.88 Å². The van der Waals surface area contributed by atoms with E-state index in [4.69, 9.17) is 4.74 Å². The Balaban J connectivity index is 1.55. The van der Waals surface area contributed by atoms with Crippen LogP contribution in [0.3, 0.4) is 0 Å². The maximum atomic E-state index is 12.5. The summed E-state index contributed by atoms with van der Waals surface area (Å²) in [5, 5.41) is 13.7. The smallest absolute Gasteiger partial charge is 0.350 e. The fraction of sp³-hybridized carbons (Fsp3) is 0.0952. The lowest BCUT2D eigenvalue weighted by Gasteiger charge is -2.10. The highest BCUT2D eigenvalue weighted by atomic mass is 32.2. The molecule has 1 amide bonds. The molecule has 4 rings (SSSR count). The molecule has 156 valence electrons. The summed E-state index contributed by atoms with van der Waals surface area (Å²) in [5.74, 6) is -0.0240. The number of aromatic nitrogens is 4. The third-order valence-corrected chi connectivity index (χ3v) is 6.03. The van der Waals surface area contributed by atoms with E-state index in [9.17, 15) is 9.59 Å². The average molecular weight is 452 g/mol. The molecule has 0 spiro atoms. The van der Waals surface area contributed by atoms with Crippen molar-refractivity contribution in [2.24, 2.45) is 0 Å². The van der Waals surface area contributed by atoms with Crippen LogP contribution in [-0.2, 0) is 9.53 Å². The topological polar surface area (TPSA) is 99.0 Å². The molecule has 0 aliphatic rings. The monoisotopic (exact) mass is 451 g/mol. The first kappa shape index (κ1) is 20.8. The van der Waals surface area contributed by atoms with Crippen molar-refractivity contribution in [2.45, 2.75) is 5.16 Å². The number of nitrogens with zero attached hydrogens (tertiary/aromatic N) is 4. The van der Waals surface area contributed by atoms with Crippen LogP contribution in [0.25, 0.3) is 17.1 Å². The third kappa shape index (κ3) is 4.65. The van der Waals surface area contributed by atoms with E-state index >= 15 is 0 Å². The van der Waals surface area contributed by atoms with E-state index in [1.165, 1.54) is 30.2 Å². The van der Waals surface area contributed by atoms with Gasteiger partial charge >= 0.3 is 5.97 Å². The number of anilines is 1. The number of nitrogens with one attached hydrogen (secondary N) is 1. The zero-order chi connectivity index (χ0) is 21.6. The molecule has 0 aliphatic carbocycles. The standard InChI is InChI=1S/C21H17N5O3S2/c1-29-20(28)18-16(9-11-30-18)23-17(27)13-31-21-25-24-19(14-6-5-10-22-12-14)26(21)15-7-3-2-4-8-15/h2-12H,13H2,1H3,(H,23,27). The molecule has 4 aromatic rings. The first-order valence-electron chi connectivity index (χ1n) is 9.17. The van der Waals surface area contributed by atoms with E-state index in [2.05, 4.69) is 20.5 Å². The Morgan fingerprint density at radius 2 is 1.97 bits per heavy atom. The summed E-state index contributed by atoms with van der Waals surface area (Å²) >= 11 is 2.46. The fourth-order valence-electron chi connectivity index (χ4n) is 2.83. The van der Waals surface area contributed by atoms with E-state index in [-0.39, 0.29) is 11.7 Å². The number of hydrogen-bond donors (Lipinski definition) is 1. The molecular formula is C21H17N5O3S2. The Bertz CT molecular complexity index is 1190. The van der Waals surface area contributed by atoms with Gasteiger partial charge in [0.2, 0.25) is 5.91 Å². The highest BCUT2D eigenvalue weighted by Crippen LogP contribution is 2.28. The van der Waals surface area contributed by atoms with Crippen LogP contribution in [0.5, 0.6) is 0 Å². The second-order valence-corrected chi connectivity index (χ2v) is 8.07. The number of methoxy groups -OCH3 is 1. The zero-order valence-electron chi connectivity index (χ0n) is 16.4. The predicted molar refractivity (Wildman–Crippen MR) is 120 cm³/mol. The molecule has 0 atom stereocenters. The summed E-state index contributed by atoms with van der Waals surface area (Å²) < 4.78 is 6.63. The Hall–Kier alpha value is -3.50. The van der Waals surface area contributed by atoms with Crippen LogP contribution in [-0.4, -0.2) is 44.5 Å². The summed E-state index contributed by atoms with van der Waals surface area (Å²) in [6.07, 6.45) is 3.41. The van der Waals surface area contributed by atoms with E-state index < -0.39 is 5.97 Å². The average Bonchev–Trinajstić information content (AvgIpc) is 3.45. The van der Waals surface area contributed by atoms with Gasteiger partial charge in [-0.1, -0.05) is 30.0 Å². The van der Waals surface area contributed by atoms with Gasteiger partial charge in [-0.15, -0.1) is 21.5 Å². The summed E-state index contributed by atoms with van der Waals surface area (Å²) in [5.41, 5.74) is 2.12. The van der Waals surface area contributed by atoms with Crippen LogP contribution < -0.4 is 5.32 Å². The number of pyridine rings is 1. The van der Waals surface area contributed by atoms with Gasteiger partial charge in [-0.3, -0.25) is 14.3 Å². The van der Waals surface area contributed by atoms with E-state index in [1.54, 1.807) is 23.8 Å². The Labute approximate surface area is 186 Å². The molecule has 0 saturated heterocycles. The van der Waals surface area contributed by atoms with Gasteiger partial charge < -0.3 is 10.1 Å². The van der Waals surface area contributed by atoms with Crippen molar-refractivity contribution in [1.29, 1.82) is 0 Å². The Morgan fingerprint density at radius 1 is 1.13 bits per heavy atom. The van der Waals surface area contributed by atoms with E-state index in [1.807, 2.05) is 47.0 Å². The third-order valence-electron chi connectivity index (χ3n) is 4.21. The summed E-state index contributed by atoms with van der Waals surface area (Å²) in [6, 6.07) is 15.1. The minimum absolute atomic E-state index is 0.0917. The molecule has 1 N–H and O–H groups in total. The van der Waals surface area contributed by atoms with Crippen LogP contribution in [0.4, 0.5) is 5.69 Å². The van der Waals surface area contributed by atoms with Crippen LogP contribution in [0.15, 0.2) is 71.5 Å². The number of thiophene rings is 1. The number of benzene rings is 1. The summed E-state index contributed by atoms with van der Waals surface area (Å²) in [7, 11) is 1.31. The van der Waals surface area contributed by atoms with Gasteiger partial charge in [-0.2, -0.15) is 0 Å². The minimum atomic E-state index is -0.483. The maximum absolute atomic E-state index is 12.5. The minimum Gasteiger partial charge on any atom is -0.465 e. The number of hydrogen-bond acceptors (Lipinski definition) is 8. The van der Waals surface area contributed by atoms with Crippen molar-refractivity contribution in [2.75, 3.05) is 18.2 Å². The molecule has 0 unspecified atom stereocenters. The van der Waals surface area contributed by atoms with Gasteiger partial charge in [-0.05, 0) is 35.7 Å². The number of thioether (sulfide) groups is 1. The number of para-hydroxylation sites is 1. The summed E-state index contributed by atoms with van der Waals surface area (Å²) in [6.45, 7) is 0. The van der Waals surface area contributed by atoms with Crippen molar-refractivity contribution >= 4 is 40.7 Å². The van der Waals surface area contributed by atoms with Gasteiger partial charge in [-0.25, -0.2) is 4.79 Å². The van der Waals surface area contributed by atoms with Crippen LogP contribution in [0.1, 0.15) is 9.67 Å². The fourth-order valence-corrected chi connectivity index (χ4v) is 4.35. The molecule has 0 bridgehead atoms. The van der Waals surface area contributed by atoms with Crippen molar-refractivity contribution in [3.05, 3.63) is 71.2 Å². The zero-order valence-corrected chi connectivity index (χ0v) is 18.0. The molecule has 0 aliphatic heterocycles. The predicted octanol–water partition coefficient (Wildman–Crippen LogP) is 3.91. The lowest BCUT2D eigenvalue weighted by molar-refractivity contribution is -0.113. The molecular weight excluding hydrogens is 434 g/mol. The largest absolute Gasteiger partial charge is 0.465 e. The number of carbonyl (C=O) groups excluding carboxylic acids is 2. The normalized spacial score (nSPS) is 10.6. The van der Waals surface area contributed by atoms with E-state index in [0.717, 1.165) is 11.3 Å². The number of rotatable bonds is 7. The van der Waals surface area contributed by atoms with Gasteiger partial charge in [0.25, 0.3) is 0 Å². The van der Waals surface area contributed by atoms with Crippen LogP contribution >= 0.6 is 23.1 Å². The summed E-state index contributed by atoms with van der Waals surface area (Å²) in [4.78, 5) is 28.8. The molecule has 8 nitrogen and oxygen atoms in total. The lowest BCUT2D eigenvalue weighted by Crippen LogP contribution is -2.16. The van der Waals surface area contributed by atoms with Crippen molar-refractivity contribution in [3.8, 4) is 17.1 Å². The molecule has 3 heterocycles. The number of carbonyl (C=O) groups is 2. The second-order valence-electron chi connectivity index (χ2n) is 6.21. The maximum Gasteiger partial charge on any atom is 0.350 e. The number of esters is 1. The van der Waals surface area contributed by atoms with Gasteiger partial charge in [0, 0.05) is 23.6 Å². The molecule has 0 saturated carbocycles. The Morgan fingerprint density at radius 3 is 2.71 bits per heavy atom. The molecule has 1 aromatic carbocycles. The number of amides is 1. The van der Waals surface area contributed by atoms with Crippen LogP contribution in [0, 0.1) is 0 Å². The highest BCUT2D eigenvalue weighted by Gasteiger charge is 2.19. The van der Waals surface area contributed by atoms with Gasteiger partial charge in [0.05, 0.1) is 18.6 Å². The number of ether oxygens (including phenoxy) is 1. The molecule has 10 heteroatoms. The van der Waals surface area contributed by atoms with E-state index in [0.29, 0.717) is 21.5 Å². The molecule has 0 radical (unpaired) electrons. The molecule has 31 heavy (non-hydrogen) atoms. The SMILES string of the molecule is COC(=O)c1sccc1NC(=O)CSc1nnc(-c2cccnc2)n1-c1ccccc1. The van der Waals surface area contributed by atoms with Crippen molar-refractivity contribution < 1.29 is 14.3 Å². The first-order chi connectivity index (χ1) is 15.2. The molecule has 3 aromatic heterocycles. The first-order valence-corrected chi connectivity index (χ1v) is 11.0. The molecule has 0 fully saturated rings.